The molecule has 0 atom stereocenters. The largest absolute Gasteiger partial charge is 0.461 e. The van der Waals surface area contributed by atoms with Crippen LogP contribution in [0.1, 0.15) is 38.9 Å². The Labute approximate surface area is 131 Å². The number of carbonyl (C=O) groups excluding carboxylic acids is 2. The van der Waals surface area contributed by atoms with Gasteiger partial charge in [-0.15, -0.1) is 11.3 Å². The highest BCUT2D eigenvalue weighted by atomic mass is 32.1. The van der Waals surface area contributed by atoms with Crippen LogP contribution in [0.3, 0.4) is 0 Å². The summed E-state index contributed by atoms with van der Waals surface area (Å²) in [4.78, 5) is 31.3. The molecule has 0 aliphatic rings. The van der Waals surface area contributed by atoms with Gasteiger partial charge in [-0.1, -0.05) is 17.4 Å². The molecule has 0 unspecified atom stereocenters. The summed E-state index contributed by atoms with van der Waals surface area (Å²) < 4.78 is 4.95. The summed E-state index contributed by atoms with van der Waals surface area (Å²) in [5.41, 5.74) is 0.113. The molecule has 0 aliphatic heterocycles. The lowest BCUT2D eigenvalue weighted by atomic mass is 10.3. The Hall–Kier alpha value is -1.73. The van der Waals surface area contributed by atoms with Crippen LogP contribution in [0.2, 0.25) is 0 Å². The number of carbonyl (C=O) groups is 2. The molecule has 2 heterocycles. The normalized spacial score (nSPS) is 10.4. The molecular formula is C14H16N2O3S2. The first-order chi connectivity index (χ1) is 10.0. The molecular weight excluding hydrogens is 308 g/mol. The Morgan fingerprint density at radius 1 is 1.43 bits per heavy atom. The predicted octanol–water partition coefficient (Wildman–Crippen LogP) is 3.22. The number of Topliss-reactive ketones (excluding diaryl/α,β-unsaturated/α-hetero) is 1. The van der Waals surface area contributed by atoms with Crippen molar-refractivity contribution in [2.75, 3.05) is 18.6 Å². The maximum atomic E-state index is 11.9. The number of rotatable bonds is 6. The average Bonchev–Trinajstić information content (AvgIpc) is 3.07. The SMILES string of the molecule is CCOC(=O)c1nc(N(C)Cc2cccs2)sc1C(C)=O. The second kappa shape index (κ2) is 6.82. The van der Waals surface area contributed by atoms with Gasteiger partial charge in [0.1, 0.15) is 4.88 Å². The standard InChI is InChI=1S/C14H16N2O3S2/c1-4-19-13(18)11-12(9(2)17)21-14(15-11)16(3)8-10-6-5-7-20-10/h5-7H,4,8H2,1-3H3. The molecule has 5 nitrogen and oxygen atoms in total. The van der Waals surface area contributed by atoms with Crippen LogP contribution in [-0.2, 0) is 11.3 Å². The Bertz CT molecular complexity index is 635. The van der Waals surface area contributed by atoms with Gasteiger partial charge in [0.15, 0.2) is 16.6 Å². The summed E-state index contributed by atoms with van der Waals surface area (Å²) >= 11 is 2.88. The first kappa shape index (κ1) is 15.7. The van der Waals surface area contributed by atoms with Gasteiger partial charge in [0, 0.05) is 18.8 Å². The minimum Gasteiger partial charge on any atom is -0.461 e. The van der Waals surface area contributed by atoms with Gasteiger partial charge in [0.25, 0.3) is 0 Å². The summed E-state index contributed by atoms with van der Waals surface area (Å²) in [5.74, 6) is -0.721. The van der Waals surface area contributed by atoms with Gasteiger partial charge in [-0.2, -0.15) is 0 Å². The fourth-order valence-electron chi connectivity index (χ4n) is 1.75. The van der Waals surface area contributed by atoms with Crippen molar-refractivity contribution in [3.05, 3.63) is 33.0 Å². The summed E-state index contributed by atoms with van der Waals surface area (Å²) in [6.45, 7) is 4.10. The molecule has 0 N–H and O–H groups in total. The molecule has 7 heteroatoms. The number of esters is 1. The molecule has 0 radical (unpaired) electrons. The molecule has 2 aromatic heterocycles. The van der Waals surface area contributed by atoms with Crippen molar-refractivity contribution in [3.63, 3.8) is 0 Å². The van der Waals surface area contributed by atoms with E-state index in [0.717, 1.165) is 0 Å². The van der Waals surface area contributed by atoms with Gasteiger partial charge in [0.2, 0.25) is 0 Å². The topological polar surface area (TPSA) is 59.5 Å². The number of ether oxygens (including phenoxy) is 1. The van der Waals surface area contributed by atoms with E-state index in [9.17, 15) is 9.59 Å². The van der Waals surface area contributed by atoms with Crippen LogP contribution in [0.5, 0.6) is 0 Å². The minimum atomic E-state index is -0.547. The summed E-state index contributed by atoms with van der Waals surface area (Å²) in [6.07, 6.45) is 0. The minimum absolute atomic E-state index is 0.113. The van der Waals surface area contributed by atoms with Crippen molar-refractivity contribution < 1.29 is 14.3 Å². The fourth-order valence-corrected chi connectivity index (χ4v) is 3.42. The number of hydrogen-bond acceptors (Lipinski definition) is 7. The quantitative estimate of drug-likeness (QED) is 0.603. The van der Waals surface area contributed by atoms with Crippen molar-refractivity contribution >= 4 is 39.6 Å². The highest BCUT2D eigenvalue weighted by Crippen LogP contribution is 2.28. The van der Waals surface area contributed by atoms with Crippen LogP contribution in [-0.4, -0.2) is 30.4 Å². The van der Waals surface area contributed by atoms with E-state index in [1.165, 1.54) is 23.1 Å². The first-order valence-electron chi connectivity index (χ1n) is 6.45. The van der Waals surface area contributed by atoms with Crippen LogP contribution in [0.15, 0.2) is 17.5 Å². The lowest BCUT2D eigenvalue weighted by Gasteiger charge is -2.13. The third kappa shape index (κ3) is 3.68. The fraction of sp³-hybridized carbons (Fsp3) is 0.357. The molecule has 0 aromatic carbocycles. The van der Waals surface area contributed by atoms with Crippen LogP contribution in [0, 0.1) is 0 Å². The second-order valence-corrected chi connectivity index (χ2v) is 6.40. The summed E-state index contributed by atoms with van der Waals surface area (Å²) in [6, 6.07) is 4.02. The van der Waals surface area contributed by atoms with Gasteiger partial charge in [-0.05, 0) is 18.4 Å². The molecule has 0 amide bonds. The summed E-state index contributed by atoms with van der Waals surface area (Å²) in [7, 11) is 1.89. The van der Waals surface area contributed by atoms with Crippen LogP contribution in [0.4, 0.5) is 5.13 Å². The maximum Gasteiger partial charge on any atom is 0.358 e. The van der Waals surface area contributed by atoms with E-state index in [1.54, 1.807) is 18.3 Å². The van der Waals surface area contributed by atoms with Gasteiger partial charge in [-0.3, -0.25) is 4.79 Å². The average molecular weight is 324 g/mol. The van der Waals surface area contributed by atoms with Crippen molar-refractivity contribution in [3.8, 4) is 0 Å². The zero-order valence-electron chi connectivity index (χ0n) is 12.1. The predicted molar refractivity (Wildman–Crippen MR) is 84.5 cm³/mol. The molecule has 2 aromatic rings. The third-order valence-electron chi connectivity index (χ3n) is 2.70. The Kier molecular flexibility index (Phi) is 5.08. The third-order valence-corrected chi connectivity index (χ3v) is 4.84. The molecule has 0 saturated carbocycles. The number of aromatic nitrogens is 1. The van der Waals surface area contributed by atoms with E-state index in [2.05, 4.69) is 4.98 Å². The molecule has 0 saturated heterocycles. The summed E-state index contributed by atoms with van der Waals surface area (Å²) in [5, 5.41) is 2.65. The van der Waals surface area contributed by atoms with Crippen molar-refractivity contribution in [1.29, 1.82) is 0 Å². The molecule has 21 heavy (non-hydrogen) atoms. The second-order valence-electron chi connectivity index (χ2n) is 4.39. The Morgan fingerprint density at radius 3 is 2.76 bits per heavy atom. The molecule has 0 bridgehead atoms. The Morgan fingerprint density at radius 2 is 2.19 bits per heavy atom. The van der Waals surface area contributed by atoms with Crippen LogP contribution >= 0.6 is 22.7 Å². The van der Waals surface area contributed by atoms with E-state index >= 15 is 0 Å². The van der Waals surface area contributed by atoms with Crippen molar-refractivity contribution in [2.45, 2.75) is 20.4 Å². The number of hydrogen-bond donors (Lipinski definition) is 0. The first-order valence-corrected chi connectivity index (χ1v) is 8.15. The van der Waals surface area contributed by atoms with E-state index < -0.39 is 5.97 Å². The zero-order valence-corrected chi connectivity index (χ0v) is 13.7. The molecule has 112 valence electrons. The number of thiazole rings is 1. The maximum absolute atomic E-state index is 11.9. The number of thiophene rings is 1. The lowest BCUT2D eigenvalue weighted by Crippen LogP contribution is -2.16. The smallest absolute Gasteiger partial charge is 0.358 e. The monoisotopic (exact) mass is 324 g/mol. The van der Waals surface area contributed by atoms with Gasteiger partial charge < -0.3 is 9.64 Å². The molecule has 0 spiro atoms. The molecule has 0 fully saturated rings. The van der Waals surface area contributed by atoms with Crippen LogP contribution < -0.4 is 4.90 Å². The van der Waals surface area contributed by atoms with Crippen molar-refractivity contribution in [1.82, 2.24) is 4.98 Å². The van der Waals surface area contributed by atoms with Crippen LogP contribution in [0.25, 0.3) is 0 Å². The molecule has 0 aliphatic carbocycles. The lowest BCUT2D eigenvalue weighted by molar-refractivity contribution is 0.0517. The van der Waals surface area contributed by atoms with Crippen molar-refractivity contribution in [2.24, 2.45) is 0 Å². The number of anilines is 1. The van der Waals surface area contributed by atoms with E-state index in [1.807, 2.05) is 29.5 Å². The number of nitrogens with zero attached hydrogens (tertiary/aromatic N) is 2. The Balaban J connectivity index is 2.26. The zero-order chi connectivity index (χ0) is 15.4. The van der Waals surface area contributed by atoms with Gasteiger partial charge in [0.05, 0.1) is 13.2 Å². The van der Waals surface area contributed by atoms with Gasteiger partial charge >= 0.3 is 5.97 Å². The molecule has 2 rings (SSSR count). The van der Waals surface area contributed by atoms with E-state index in [0.29, 0.717) is 16.6 Å². The van der Waals surface area contributed by atoms with E-state index in [-0.39, 0.29) is 18.1 Å². The van der Waals surface area contributed by atoms with Gasteiger partial charge in [-0.25, -0.2) is 9.78 Å². The highest BCUT2D eigenvalue weighted by Gasteiger charge is 2.23. The number of ketones is 1. The van der Waals surface area contributed by atoms with E-state index in [4.69, 9.17) is 4.74 Å². The highest BCUT2D eigenvalue weighted by molar-refractivity contribution is 7.17.